The lowest BCUT2D eigenvalue weighted by molar-refractivity contribution is 0.224. The van der Waals surface area contributed by atoms with Crippen LogP contribution in [0, 0.1) is 46.8 Å². The van der Waals surface area contributed by atoms with Gasteiger partial charge < -0.3 is 19.0 Å². The molecule has 14 rings (SSSR count). The van der Waals surface area contributed by atoms with E-state index in [1.165, 1.54) is 83.9 Å². The van der Waals surface area contributed by atoms with E-state index < -0.39 is 0 Å². The van der Waals surface area contributed by atoms with Crippen LogP contribution in [0.15, 0.2) is 124 Å². The normalized spacial score (nSPS) is 31.9. The Bertz CT molecular complexity index is 3090. The lowest BCUT2D eigenvalue weighted by Crippen LogP contribution is -2.44. The number of allylic oxidation sites excluding steroid dienone is 6. The van der Waals surface area contributed by atoms with Gasteiger partial charge in [0.05, 0.1) is 11.4 Å². The third-order valence-electron chi connectivity index (χ3n) is 20.1. The SMILES string of the molecule is CC(C)C1=CCC(N(C2=C3CC4c5c(cc(N(c6cccc7c6OC6C=CC=CC76)C6CCC(C(C)C)CC6)c6c5C3C(C=C6)[C@@H]3C(C)C23)CCC4(C)C)c2cccc3c2oc2ccccc23)CC1. The molecule has 9 atom stereocenters. The molecule has 9 aliphatic rings. The summed E-state index contributed by atoms with van der Waals surface area (Å²) < 4.78 is 14.1. The molecule has 2 saturated carbocycles. The number of hydrogen-bond acceptors (Lipinski definition) is 4. The first-order chi connectivity index (χ1) is 33.6. The van der Waals surface area contributed by atoms with Crippen molar-refractivity contribution in [3.63, 3.8) is 0 Å². The first-order valence-corrected chi connectivity index (χ1v) is 27.5. The summed E-state index contributed by atoms with van der Waals surface area (Å²) in [6.45, 7) is 17.5. The summed E-state index contributed by atoms with van der Waals surface area (Å²) in [7, 11) is 0. The maximum absolute atomic E-state index is 7.11. The van der Waals surface area contributed by atoms with Gasteiger partial charge in [-0.3, -0.25) is 0 Å². The van der Waals surface area contributed by atoms with Crippen molar-refractivity contribution in [2.75, 3.05) is 9.80 Å². The Morgan fingerprint density at radius 1 is 0.754 bits per heavy atom. The van der Waals surface area contributed by atoms with Gasteiger partial charge in [0, 0.05) is 63.1 Å². The molecule has 0 saturated heterocycles. The minimum Gasteiger partial charge on any atom is -0.483 e. The highest BCUT2D eigenvalue weighted by atomic mass is 16.5. The monoisotopic (exact) mass is 913 g/mol. The van der Waals surface area contributed by atoms with Crippen LogP contribution in [-0.4, -0.2) is 18.2 Å². The molecule has 8 aliphatic carbocycles. The molecule has 0 radical (unpaired) electrons. The molecular weight excluding hydrogens is 841 g/mol. The fourth-order valence-electron chi connectivity index (χ4n) is 16.3. The van der Waals surface area contributed by atoms with Crippen molar-refractivity contribution in [2.24, 2.45) is 46.8 Å². The number of hydrogen-bond donors (Lipinski definition) is 0. The molecular formula is C65H72N2O2. The number of para-hydroxylation sites is 3. The second kappa shape index (κ2) is 15.6. The average Bonchev–Trinajstić information content (AvgIpc) is 3.66. The standard InChI is InChI=1S/C65H72N2O2/c1-36(2)39-22-26-42(27-23-39)66(52-18-12-16-46-44-14-8-10-20-55(44)68-63(46)52)54-34-41-32-33-65(6,7)51-35-50-60-49(31-30-48(54)61(60)59(41)51)57-38(5)58(57)62(50)67(43-28-24-40(25-29-43)37(3)4)53-19-13-17-47-45-15-9-11-21-56(45)69-64(47)53/h8-21,24,30-31,34,36-39,42-44,49,51,55,57-58,60H,22-23,25-29,32-33,35H2,1-7H3/t38?,39?,42?,43?,44?,49?,51?,55?,57-,58?,60?/m0/s1. The number of aryl methyl sites for hydroxylation is 1. The van der Waals surface area contributed by atoms with Crippen LogP contribution in [0.4, 0.5) is 17.1 Å². The predicted molar refractivity (Wildman–Crippen MR) is 286 cm³/mol. The zero-order chi connectivity index (χ0) is 46.6. The van der Waals surface area contributed by atoms with Crippen molar-refractivity contribution < 1.29 is 9.15 Å². The molecule has 1 aromatic heterocycles. The smallest absolute Gasteiger partial charge is 0.159 e. The molecule has 4 aromatic carbocycles. The maximum atomic E-state index is 7.11. The highest BCUT2D eigenvalue weighted by molar-refractivity contribution is 6.09. The summed E-state index contributed by atoms with van der Waals surface area (Å²) in [6, 6.07) is 26.4. The zero-order valence-electron chi connectivity index (χ0n) is 42.2. The van der Waals surface area contributed by atoms with E-state index in [0.717, 1.165) is 48.0 Å². The van der Waals surface area contributed by atoms with Crippen molar-refractivity contribution >= 4 is 45.1 Å². The predicted octanol–water partition coefficient (Wildman–Crippen LogP) is 16.9. The zero-order valence-corrected chi connectivity index (χ0v) is 42.2. The lowest BCUT2D eigenvalue weighted by atomic mass is 9.53. The molecule has 0 bridgehead atoms. The fraction of sp³-hybridized carbons (Fsp3) is 0.477. The van der Waals surface area contributed by atoms with Gasteiger partial charge >= 0.3 is 0 Å². The van der Waals surface area contributed by atoms with Crippen molar-refractivity contribution in [3.8, 4) is 5.75 Å². The summed E-state index contributed by atoms with van der Waals surface area (Å²) in [5.74, 6) is 6.65. The Kier molecular flexibility index (Phi) is 9.66. The fourth-order valence-corrected chi connectivity index (χ4v) is 16.3. The van der Waals surface area contributed by atoms with E-state index in [0.29, 0.717) is 53.5 Å². The van der Waals surface area contributed by atoms with Gasteiger partial charge in [0.1, 0.15) is 17.4 Å². The van der Waals surface area contributed by atoms with Crippen LogP contribution >= 0.6 is 0 Å². The van der Waals surface area contributed by atoms with Crippen molar-refractivity contribution in [3.05, 3.63) is 148 Å². The van der Waals surface area contributed by atoms with Gasteiger partial charge in [-0.15, -0.1) is 0 Å². The average molecular weight is 913 g/mol. The lowest BCUT2D eigenvalue weighted by Gasteiger charge is -2.53. The third-order valence-corrected chi connectivity index (χ3v) is 20.1. The van der Waals surface area contributed by atoms with Gasteiger partial charge in [-0.1, -0.05) is 133 Å². The quantitative estimate of drug-likeness (QED) is 0.145. The van der Waals surface area contributed by atoms with Crippen LogP contribution in [0.3, 0.4) is 0 Å². The summed E-state index contributed by atoms with van der Waals surface area (Å²) in [6.07, 6.45) is 29.1. The number of ether oxygens (including phenoxy) is 1. The third kappa shape index (κ3) is 6.31. The topological polar surface area (TPSA) is 28.9 Å². The van der Waals surface area contributed by atoms with E-state index in [4.69, 9.17) is 9.15 Å². The van der Waals surface area contributed by atoms with Crippen LogP contribution in [0.1, 0.15) is 152 Å². The second-order valence-corrected chi connectivity index (χ2v) is 24.6. The Balaban J connectivity index is 0.999. The Morgan fingerprint density at radius 2 is 1.55 bits per heavy atom. The Morgan fingerprint density at radius 3 is 2.36 bits per heavy atom. The highest BCUT2D eigenvalue weighted by Crippen LogP contribution is 2.72. The molecule has 1 aliphatic heterocycles. The van der Waals surface area contributed by atoms with E-state index in [-0.39, 0.29) is 17.4 Å². The van der Waals surface area contributed by atoms with Crippen LogP contribution in [0.25, 0.3) is 28.0 Å². The van der Waals surface area contributed by atoms with Crippen LogP contribution in [0.2, 0.25) is 0 Å². The van der Waals surface area contributed by atoms with Gasteiger partial charge in [-0.2, -0.15) is 0 Å². The van der Waals surface area contributed by atoms with E-state index in [1.54, 1.807) is 33.5 Å². The highest BCUT2D eigenvalue weighted by Gasteiger charge is 2.63. The Labute approximate surface area is 411 Å². The van der Waals surface area contributed by atoms with E-state index in [2.05, 4.69) is 168 Å². The van der Waals surface area contributed by atoms with Crippen molar-refractivity contribution in [2.45, 2.75) is 149 Å². The second-order valence-electron chi connectivity index (χ2n) is 24.6. The summed E-state index contributed by atoms with van der Waals surface area (Å²) in [5, 5.41) is 2.46. The molecule has 2 heterocycles. The minimum absolute atomic E-state index is 0.0585. The molecule has 69 heavy (non-hydrogen) atoms. The molecule has 0 spiro atoms. The number of fused-ring (bicyclic) bond motifs is 8. The number of nitrogens with zero attached hydrogens (tertiary/aromatic N) is 2. The van der Waals surface area contributed by atoms with Crippen LogP contribution in [0.5, 0.6) is 5.75 Å². The number of anilines is 3. The van der Waals surface area contributed by atoms with Crippen molar-refractivity contribution in [1.82, 2.24) is 0 Å². The first kappa shape index (κ1) is 42.6. The molecule has 354 valence electrons. The number of benzene rings is 4. The van der Waals surface area contributed by atoms with Crippen molar-refractivity contribution in [1.29, 1.82) is 0 Å². The molecule has 0 amide bonds. The minimum atomic E-state index is 0.0585. The van der Waals surface area contributed by atoms with Gasteiger partial charge in [0.25, 0.3) is 0 Å². The summed E-state index contributed by atoms with van der Waals surface area (Å²) >= 11 is 0. The molecule has 2 fully saturated rings. The maximum Gasteiger partial charge on any atom is 0.159 e. The largest absolute Gasteiger partial charge is 0.483 e. The number of rotatable bonds is 8. The molecule has 4 heteroatoms. The van der Waals surface area contributed by atoms with Crippen LogP contribution in [-0.2, 0) is 6.42 Å². The van der Waals surface area contributed by atoms with E-state index >= 15 is 0 Å². The number of furan rings is 1. The Hall–Kier alpha value is -5.22. The molecule has 0 N–H and O–H groups in total. The van der Waals surface area contributed by atoms with Gasteiger partial charge in [0.15, 0.2) is 5.58 Å². The van der Waals surface area contributed by atoms with Gasteiger partial charge in [0.2, 0.25) is 0 Å². The molecule has 5 aromatic rings. The van der Waals surface area contributed by atoms with Gasteiger partial charge in [-0.05, 0) is 164 Å². The summed E-state index contributed by atoms with van der Waals surface area (Å²) in [4.78, 5) is 5.81. The van der Waals surface area contributed by atoms with E-state index in [1.807, 2.05) is 0 Å². The van der Waals surface area contributed by atoms with E-state index in [9.17, 15) is 0 Å². The first-order valence-electron chi connectivity index (χ1n) is 27.5. The molecule has 4 nitrogen and oxygen atoms in total. The summed E-state index contributed by atoms with van der Waals surface area (Å²) in [5.41, 5.74) is 19.2. The molecule has 8 unspecified atom stereocenters. The van der Waals surface area contributed by atoms with Crippen LogP contribution < -0.4 is 14.5 Å². The van der Waals surface area contributed by atoms with Gasteiger partial charge in [-0.25, -0.2) is 0 Å².